The van der Waals surface area contributed by atoms with E-state index in [1.165, 1.54) is 0 Å². The average molecular weight is 280 g/mol. The summed E-state index contributed by atoms with van der Waals surface area (Å²) in [5.74, 6) is 0.200. The molecule has 0 unspecified atom stereocenters. The fourth-order valence-corrected chi connectivity index (χ4v) is 2.27. The second kappa shape index (κ2) is 8.25. The molecule has 2 aromatic carbocycles. The van der Waals surface area contributed by atoms with Gasteiger partial charge in [0.15, 0.2) is 0 Å². The summed E-state index contributed by atoms with van der Waals surface area (Å²) in [5.41, 5.74) is 2.33. The summed E-state index contributed by atoms with van der Waals surface area (Å²) in [4.78, 5) is 14.3. The highest BCUT2D eigenvalue weighted by molar-refractivity contribution is 5.76. The van der Waals surface area contributed by atoms with Crippen LogP contribution in [0.4, 0.5) is 0 Å². The van der Waals surface area contributed by atoms with E-state index in [1.807, 2.05) is 41.3 Å². The molecular formula is C19H22NO. The molecule has 2 rings (SSSR count). The Labute approximate surface area is 127 Å². The number of carbonyl (C=O) groups excluding carboxylic acids is 1. The quantitative estimate of drug-likeness (QED) is 0.743. The van der Waals surface area contributed by atoms with Gasteiger partial charge in [0, 0.05) is 19.5 Å². The van der Waals surface area contributed by atoms with Gasteiger partial charge in [-0.1, -0.05) is 74.0 Å². The van der Waals surface area contributed by atoms with Crippen LogP contribution in [0, 0.1) is 6.92 Å². The van der Waals surface area contributed by atoms with E-state index in [0.29, 0.717) is 19.5 Å². The van der Waals surface area contributed by atoms with Gasteiger partial charge in [0.1, 0.15) is 0 Å². The molecule has 0 atom stereocenters. The van der Waals surface area contributed by atoms with Crippen molar-refractivity contribution in [1.29, 1.82) is 0 Å². The molecule has 2 nitrogen and oxygen atoms in total. The third-order valence-corrected chi connectivity index (χ3v) is 3.43. The third kappa shape index (κ3) is 5.07. The number of nitrogens with zero attached hydrogens (tertiary/aromatic N) is 1. The minimum absolute atomic E-state index is 0.200. The molecule has 21 heavy (non-hydrogen) atoms. The number of carbonyl (C=O) groups is 1. The predicted octanol–water partition coefficient (Wildman–Crippen LogP) is 4.22. The number of unbranched alkanes of at least 4 members (excludes halogenated alkanes) is 1. The van der Waals surface area contributed by atoms with E-state index in [1.54, 1.807) is 0 Å². The second-order valence-corrected chi connectivity index (χ2v) is 5.18. The first-order valence-corrected chi connectivity index (χ1v) is 7.44. The first kappa shape index (κ1) is 15.3. The van der Waals surface area contributed by atoms with Gasteiger partial charge in [-0.15, -0.1) is 0 Å². The zero-order valence-electron chi connectivity index (χ0n) is 12.4. The summed E-state index contributed by atoms with van der Waals surface area (Å²) < 4.78 is 0. The Kier molecular flexibility index (Phi) is 6.01. The summed E-state index contributed by atoms with van der Waals surface area (Å²) in [6.07, 6.45) is 2.22. The number of rotatable bonds is 7. The van der Waals surface area contributed by atoms with E-state index in [0.717, 1.165) is 24.0 Å². The average Bonchev–Trinajstić information content (AvgIpc) is 2.54. The van der Waals surface area contributed by atoms with Crippen molar-refractivity contribution in [2.75, 3.05) is 0 Å². The van der Waals surface area contributed by atoms with Crippen LogP contribution in [0.15, 0.2) is 60.7 Å². The van der Waals surface area contributed by atoms with Gasteiger partial charge < -0.3 is 4.90 Å². The maximum absolute atomic E-state index is 12.4. The largest absolute Gasteiger partial charge is 0.334 e. The maximum atomic E-state index is 12.4. The van der Waals surface area contributed by atoms with Crippen LogP contribution in [0.5, 0.6) is 0 Å². The molecule has 0 saturated heterocycles. The molecule has 0 fully saturated rings. The van der Waals surface area contributed by atoms with Crippen molar-refractivity contribution in [2.45, 2.75) is 32.4 Å². The van der Waals surface area contributed by atoms with Gasteiger partial charge in [0.25, 0.3) is 0 Å². The zero-order chi connectivity index (χ0) is 14.9. The first-order chi connectivity index (χ1) is 10.3. The molecule has 2 aromatic rings. The minimum Gasteiger partial charge on any atom is -0.334 e. The lowest BCUT2D eigenvalue weighted by Gasteiger charge is -2.23. The topological polar surface area (TPSA) is 20.3 Å². The van der Waals surface area contributed by atoms with Gasteiger partial charge in [-0.3, -0.25) is 4.79 Å². The van der Waals surface area contributed by atoms with Crippen LogP contribution in [0.2, 0.25) is 0 Å². The van der Waals surface area contributed by atoms with Crippen molar-refractivity contribution >= 4 is 5.91 Å². The van der Waals surface area contributed by atoms with Crippen LogP contribution in [0.25, 0.3) is 0 Å². The third-order valence-electron chi connectivity index (χ3n) is 3.43. The van der Waals surface area contributed by atoms with Crippen LogP contribution in [0.1, 0.15) is 30.4 Å². The molecular weight excluding hydrogens is 258 g/mol. The van der Waals surface area contributed by atoms with Gasteiger partial charge in [-0.2, -0.15) is 0 Å². The molecule has 1 radical (unpaired) electrons. The number of benzene rings is 2. The molecule has 0 heterocycles. The first-order valence-electron chi connectivity index (χ1n) is 7.44. The van der Waals surface area contributed by atoms with Crippen molar-refractivity contribution < 1.29 is 4.79 Å². The second-order valence-electron chi connectivity index (χ2n) is 5.18. The lowest BCUT2D eigenvalue weighted by atomic mass is 10.1. The molecule has 0 aliphatic heterocycles. The van der Waals surface area contributed by atoms with Crippen LogP contribution in [0.3, 0.4) is 0 Å². The van der Waals surface area contributed by atoms with Crippen LogP contribution in [-0.2, 0) is 17.9 Å². The molecule has 0 spiro atoms. The van der Waals surface area contributed by atoms with Crippen LogP contribution < -0.4 is 0 Å². The van der Waals surface area contributed by atoms with Crippen molar-refractivity contribution in [3.05, 3.63) is 78.7 Å². The molecule has 2 heteroatoms. The fourth-order valence-electron chi connectivity index (χ4n) is 2.27. The van der Waals surface area contributed by atoms with E-state index < -0.39 is 0 Å². The van der Waals surface area contributed by atoms with Gasteiger partial charge in [-0.05, 0) is 17.5 Å². The molecule has 0 aromatic heterocycles. The summed E-state index contributed by atoms with van der Waals surface area (Å²) in [6, 6.07) is 20.3. The van der Waals surface area contributed by atoms with Gasteiger partial charge in [-0.25, -0.2) is 0 Å². The highest BCUT2D eigenvalue weighted by Crippen LogP contribution is 2.12. The van der Waals surface area contributed by atoms with Crippen LogP contribution >= 0.6 is 0 Å². The zero-order valence-corrected chi connectivity index (χ0v) is 12.4. The number of amides is 1. The summed E-state index contributed by atoms with van der Waals surface area (Å²) in [6.45, 7) is 5.13. The van der Waals surface area contributed by atoms with E-state index in [-0.39, 0.29) is 5.91 Å². The van der Waals surface area contributed by atoms with Crippen molar-refractivity contribution in [1.82, 2.24) is 4.90 Å². The summed E-state index contributed by atoms with van der Waals surface area (Å²) in [7, 11) is 0. The standard InChI is InChI=1S/C19H22NO/c1-2-3-14-19(21)20(15-17-10-6-4-7-11-17)16-18-12-8-5-9-13-18/h4-13H,1-3,14-16H2. The fraction of sp³-hybridized carbons (Fsp3) is 0.263. The highest BCUT2D eigenvalue weighted by Gasteiger charge is 2.13. The van der Waals surface area contributed by atoms with E-state index >= 15 is 0 Å². The molecule has 109 valence electrons. The lowest BCUT2D eigenvalue weighted by Crippen LogP contribution is -2.29. The van der Waals surface area contributed by atoms with E-state index in [4.69, 9.17) is 0 Å². The molecule has 0 aliphatic rings. The Morgan fingerprint density at radius 3 is 1.76 bits per heavy atom. The Morgan fingerprint density at radius 2 is 1.33 bits per heavy atom. The Morgan fingerprint density at radius 1 is 0.857 bits per heavy atom. The Bertz CT molecular complexity index is 495. The van der Waals surface area contributed by atoms with E-state index in [2.05, 4.69) is 31.2 Å². The Hall–Kier alpha value is -2.09. The monoisotopic (exact) mass is 280 g/mol. The molecule has 0 aliphatic carbocycles. The van der Waals surface area contributed by atoms with Crippen molar-refractivity contribution in [3.63, 3.8) is 0 Å². The van der Waals surface area contributed by atoms with Gasteiger partial charge in [0.05, 0.1) is 0 Å². The lowest BCUT2D eigenvalue weighted by molar-refractivity contribution is -0.132. The number of hydrogen-bond acceptors (Lipinski definition) is 1. The highest BCUT2D eigenvalue weighted by atomic mass is 16.2. The van der Waals surface area contributed by atoms with Gasteiger partial charge in [0.2, 0.25) is 5.91 Å². The normalized spacial score (nSPS) is 10.3. The SMILES string of the molecule is [CH2]CCCC(=O)N(Cc1ccccc1)Cc1ccccc1. The Balaban J connectivity index is 2.08. The smallest absolute Gasteiger partial charge is 0.223 e. The van der Waals surface area contributed by atoms with Crippen LogP contribution in [-0.4, -0.2) is 10.8 Å². The van der Waals surface area contributed by atoms with Crippen molar-refractivity contribution in [3.8, 4) is 0 Å². The predicted molar refractivity (Wildman–Crippen MR) is 86.3 cm³/mol. The summed E-state index contributed by atoms with van der Waals surface area (Å²) >= 11 is 0. The molecule has 0 bridgehead atoms. The summed E-state index contributed by atoms with van der Waals surface area (Å²) in [5, 5.41) is 0. The minimum atomic E-state index is 0.200. The van der Waals surface area contributed by atoms with Crippen molar-refractivity contribution in [2.24, 2.45) is 0 Å². The number of hydrogen-bond donors (Lipinski definition) is 0. The molecule has 0 saturated carbocycles. The molecule has 1 amide bonds. The van der Waals surface area contributed by atoms with E-state index in [9.17, 15) is 4.79 Å². The molecule has 0 N–H and O–H groups in total. The van der Waals surface area contributed by atoms with Gasteiger partial charge >= 0.3 is 0 Å². The maximum Gasteiger partial charge on any atom is 0.223 e.